The van der Waals surface area contributed by atoms with E-state index in [4.69, 9.17) is 11.5 Å². The van der Waals surface area contributed by atoms with Crippen LogP contribution in [0.3, 0.4) is 0 Å². The number of aromatic nitrogens is 1. The Kier molecular flexibility index (Phi) is 11.5. The van der Waals surface area contributed by atoms with Gasteiger partial charge in [-0.15, -0.1) is 11.3 Å². The van der Waals surface area contributed by atoms with Gasteiger partial charge in [0.2, 0.25) is 11.7 Å². The molecule has 0 unspecified atom stereocenters. The Hall–Kier alpha value is -3.58. The van der Waals surface area contributed by atoms with Crippen LogP contribution in [-0.2, 0) is 9.59 Å². The van der Waals surface area contributed by atoms with Crippen LogP contribution < -0.4 is 16.8 Å². The van der Waals surface area contributed by atoms with E-state index in [2.05, 4.69) is 15.3 Å². The number of urea groups is 1. The minimum absolute atomic E-state index is 0.0885. The first-order chi connectivity index (χ1) is 20.7. The quantitative estimate of drug-likeness (QED) is 0.114. The van der Waals surface area contributed by atoms with Crippen LogP contribution in [0.25, 0.3) is 10.2 Å². The standard InChI is InChI=1S/C30H43N7O5S/c1-19-9-8-16-36(19)30(42)37(28(41)22(34-18-25(38)39)17-20-10-3-2-4-11-20)23(13-7-15-33-29(31)32)26(40)27-35-21-12-5-6-14-24(21)43-27/h5-6,12,14,19-20,22-23,34H,2-4,7-11,13,15-18H2,1H3,(H,38,39)(H4,31,32,33)/t19-,22-,23+/m1/s1. The molecular formula is C30H43N7O5S. The first kappa shape index (κ1) is 32.3. The zero-order valence-electron chi connectivity index (χ0n) is 24.7. The summed E-state index contributed by atoms with van der Waals surface area (Å²) < 4.78 is 0.820. The lowest BCUT2D eigenvalue weighted by molar-refractivity contribution is -0.137. The van der Waals surface area contributed by atoms with E-state index in [0.717, 1.165) is 54.5 Å². The number of thiazole rings is 1. The molecule has 2 aromatic rings. The number of hydrogen-bond donors (Lipinski definition) is 4. The Morgan fingerprint density at radius 2 is 1.88 bits per heavy atom. The van der Waals surface area contributed by atoms with Gasteiger partial charge in [0.05, 0.1) is 22.8 Å². The monoisotopic (exact) mass is 613 g/mol. The van der Waals surface area contributed by atoms with Gasteiger partial charge in [0.15, 0.2) is 11.0 Å². The number of aliphatic imine (C=N–C) groups is 1. The summed E-state index contributed by atoms with van der Waals surface area (Å²) in [6, 6.07) is 4.63. The fraction of sp³-hybridized carbons (Fsp3) is 0.600. The van der Waals surface area contributed by atoms with Gasteiger partial charge in [-0.1, -0.05) is 44.2 Å². The van der Waals surface area contributed by atoms with E-state index in [1.54, 1.807) is 4.90 Å². The summed E-state index contributed by atoms with van der Waals surface area (Å²) in [5.41, 5.74) is 11.7. The van der Waals surface area contributed by atoms with E-state index in [0.29, 0.717) is 24.9 Å². The van der Waals surface area contributed by atoms with Crippen LogP contribution in [0.5, 0.6) is 0 Å². The molecule has 1 aromatic heterocycles. The van der Waals surface area contributed by atoms with Crippen molar-refractivity contribution in [1.82, 2.24) is 20.1 Å². The maximum absolute atomic E-state index is 14.5. The third kappa shape index (κ3) is 8.50. The number of likely N-dealkylation sites (tertiary alicyclic amines) is 1. The zero-order chi connectivity index (χ0) is 30.9. The third-order valence-corrected chi connectivity index (χ3v) is 9.43. The van der Waals surface area contributed by atoms with E-state index in [1.807, 2.05) is 31.2 Å². The average Bonchev–Trinajstić information content (AvgIpc) is 3.62. The lowest BCUT2D eigenvalue weighted by Crippen LogP contribution is -2.59. The highest BCUT2D eigenvalue weighted by atomic mass is 32.1. The molecule has 2 aliphatic rings. The number of aliphatic carboxylic acids is 1. The summed E-state index contributed by atoms with van der Waals surface area (Å²) in [7, 11) is 0. The van der Waals surface area contributed by atoms with E-state index < -0.39 is 42.3 Å². The van der Waals surface area contributed by atoms with Gasteiger partial charge in [0, 0.05) is 19.1 Å². The molecule has 0 bridgehead atoms. The molecule has 0 radical (unpaired) electrons. The van der Waals surface area contributed by atoms with Crippen molar-refractivity contribution >= 4 is 51.2 Å². The van der Waals surface area contributed by atoms with Gasteiger partial charge >= 0.3 is 12.0 Å². The summed E-state index contributed by atoms with van der Waals surface area (Å²) in [5, 5.41) is 12.6. The number of nitrogens with two attached hydrogens (primary N) is 2. The molecule has 234 valence electrons. The summed E-state index contributed by atoms with van der Waals surface area (Å²) in [5.74, 6) is -2.00. The van der Waals surface area contributed by atoms with Crippen molar-refractivity contribution in [3.63, 3.8) is 0 Å². The fourth-order valence-electron chi connectivity index (χ4n) is 6.13. The van der Waals surface area contributed by atoms with Crippen LogP contribution in [0, 0.1) is 5.92 Å². The van der Waals surface area contributed by atoms with Gasteiger partial charge in [-0.3, -0.25) is 29.6 Å². The molecule has 6 N–H and O–H groups in total. The van der Waals surface area contributed by atoms with E-state index in [-0.39, 0.29) is 35.9 Å². The number of rotatable bonds is 13. The maximum atomic E-state index is 14.5. The SMILES string of the molecule is C[C@@H]1CCCN1C(=O)N(C(=O)[C@@H](CC1CCCCC1)NCC(=O)O)[C@@H](CCCN=C(N)N)C(=O)c1nc2ccccc2s1. The first-order valence-corrected chi connectivity index (χ1v) is 16.0. The van der Waals surface area contributed by atoms with Gasteiger partial charge in [0.1, 0.15) is 6.04 Å². The normalized spacial score (nSPS) is 18.7. The molecule has 12 nitrogen and oxygen atoms in total. The Labute approximate surface area is 255 Å². The highest BCUT2D eigenvalue weighted by Gasteiger charge is 2.43. The van der Waals surface area contributed by atoms with Crippen molar-refractivity contribution < 1.29 is 24.3 Å². The number of carbonyl (C=O) groups is 4. The molecular weight excluding hydrogens is 570 g/mol. The number of fused-ring (bicyclic) bond motifs is 1. The largest absolute Gasteiger partial charge is 0.480 e. The number of carboxylic acids is 1. The molecule has 13 heteroatoms. The van der Waals surface area contributed by atoms with E-state index >= 15 is 0 Å². The lowest BCUT2D eigenvalue weighted by atomic mass is 9.84. The molecule has 4 rings (SSSR count). The summed E-state index contributed by atoms with van der Waals surface area (Å²) in [4.78, 5) is 65.9. The highest BCUT2D eigenvalue weighted by Crippen LogP contribution is 2.30. The van der Waals surface area contributed by atoms with Crippen molar-refractivity contribution in [2.45, 2.75) is 89.3 Å². The van der Waals surface area contributed by atoms with Gasteiger partial charge in [-0.05, 0) is 57.1 Å². The second-order valence-corrected chi connectivity index (χ2v) is 12.6. The second kappa shape index (κ2) is 15.2. The molecule has 2 fully saturated rings. The summed E-state index contributed by atoms with van der Waals surface area (Å²) >= 11 is 1.22. The number of para-hydroxylation sites is 1. The number of guanidine groups is 1. The van der Waals surface area contributed by atoms with Crippen molar-refractivity contribution in [2.75, 3.05) is 19.6 Å². The van der Waals surface area contributed by atoms with Gasteiger partial charge in [-0.25, -0.2) is 9.78 Å². The Morgan fingerprint density at radius 1 is 1.14 bits per heavy atom. The number of nitrogens with zero attached hydrogens (tertiary/aromatic N) is 4. The first-order valence-electron chi connectivity index (χ1n) is 15.2. The van der Waals surface area contributed by atoms with Gasteiger partial charge in [-0.2, -0.15) is 0 Å². The van der Waals surface area contributed by atoms with Gasteiger partial charge in [0.25, 0.3) is 0 Å². The summed E-state index contributed by atoms with van der Waals surface area (Å²) in [6.45, 7) is 2.17. The minimum Gasteiger partial charge on any atom is -0.480 e. The number of hydrogen-bond acceptors (Lipinski definition) is 8. The smallest absolute Gasteiger partial charge is 0.327 e. The number of carbonyl (C=O) groups excluding carboxylic acids is 3. The third-order valence-electron chi connectivity index (χ3n) is 8.38. The Morgan fingerprint density at radius 3 is 2.53 bits per heavy atom. The van der Waals surface area contributed by atoms with Crippen LogP contribution in [0.1, 0.15) is 80.9 Å². The number of Topliss-reactive ketones (excluding diaryl/α,β-unsaturated/α-hetero) is 1. The number of nitrogens with one attached hydrogen (secondary N) is 1. The van der Waals surface area contributed by atoms with Crippen molar-refractivity contribution in [1.29, 1.82) is 0 Å². The van der Waals surface area contributed by atoms with Crippen molar-refractivity contribution in [3.8, 4) is 0 Å². The number of carboxylic acid groups (broad SMARTS) is 1. The lowest BCUT2D eigenvalue weighted by Gasteiger charge is -2.37. The van der Waals surface area contributed by atoms with Crippen LogP contribution in [-0.4, -0.2) is 87.3 Å². The zero-order valence-corrected chi connectivity index (χ0v) is 25.6. The molecule has 3 atom stereocenters. The van der Waals surface area contributed by atoms with Crippen LogP contribution in [0.4, 0.5) is 4.79 Å². The van der Waals surface area contributed by atoms with E-state index in [9.17, 15) is 24.3 Å². The van der Waals surface area contributed by atoms with Crippen LogP contribution in [0.2, 0.25) is 0 Å². The molecule has 43 heavy (non-hydrogen) atoms. The Bertz CT molecular complexity index is 1290. The summed E-state index contributed by atoms with van der Waals surface area (Å²) in [6.07, 6.45) is 7.51. The van der Waals surface area contributed by atoms with Crippen LogP contribution >= 0.6 is 11.3 Å². The maximum Gasteiger partial charge on any atom is 0.327 e. The highest BCUT2D eigenvalue weighted by molar-refractivity contribution is 7.20. The van der Waals surface area contributed by atoms with Crippen molar-refractivity contribution in [2.24, 2.45) is 22.4 Å². The molecule has 2 heterocycles. The number of benzene rings is 1. The van der Waals surface area contributed by atoms with Gasteiger partial charge < -0.3 is 21.5 Å². The number of imide groups is 1. The number of amides is 3. The topological polar surface area (TPSA) is 184 Å². The molecule has 1 aliphatic heterocycles. The molecule has 0 spiro atoms. The Balaban J connectivity index is 1.73. The van der Waals surface area contributed by atoms with Crippen molar-refractivity contribution in [3.05, 3.63) is 29.3 Å². The molecule has 3 amide bonds. The molecule has 1 saturated heterocycles. The predicted octanol–water partition coefficient (Wildman–Crippen LogP) is 3.35. The average molecular weight is 614 g/mol. The fourth-order valence-corrected chi connectivity index (χ4v) is 7.09. The molecule has 1 aliphatic carbocycles. The molecule has 1 saturated carbocycles. The minimum atomic E-state index is -1.16. The predicted molar refractivity (Wildman–Crippen MR) is 166 cm³/mol. The molecule has 1 aromatic carbocycles. The number of ketones is 1. The van der Waals surface area contributed by atoms with Crippen LogP contribution in [0.15, 0.2) is 29.3 Å². The second-order valence-electron chi connectivity index (χ2n) is 11.6. The van der Waals surface area contributed by atoms with E-state index in [1.165, 1.54) is 11.3 Å².